The van der Waals surface area contributed by atoms with Crippen molar-refractivity contribution in [2.24, 2.45) is 0 Å². The summed E-state index contributed by atoms with van der Waals surface area (Å²) < 4.78 is 0. The number of hydrogen-bond donors (Lipinski definition) is 3. The zero-order valence-corrected chi connectivity index (χ0v) is 15.1. The third-order valence-electron chi connectivity index (χ3n) is 2.88. The van der Waals surface area contributed by atoms with E-state index in [0.717, 1.165) is 11.4 Å². The molecule has 3 rings (SSSR count). The van der Waals surface area contributed by atoms with Crippen LogP contribution in [0.3, 0.4) is 0 Å². The molecule has 0 aliphatic heterocycles. The second-order valence-electron chi connectivity index (χ2n) is 5.04. The highest BCUT2D eigenvalue weighted by Gasteiger charge is 2.00. The molecule has 0 fully saturated rings. The lowest BCUT2D eigenvalue weighted by Gasteiger charge is -2.02. The standard InChI is InChI=1S/C10H12N2O.C8H7N3.CH4.H2N2.H2O.H2/c1-12(2)8-6-10(13)9-5-3-4-7-11-9;1-2-5-9-7(3-1)8-4-6-10-11-8;;1-2;;/h3-8H,1-2H3;1-6H,(H,10,11);1H4;1-2H;1H2;1H/b8-6-;;;;;. The number of allylic oxidation sites excluding steroid dienone is 1. The van der Waals surface area contributed by atoms with Crippen LogP contribution in [-0.2, 0) is 0 Å². The van der Waals surface area contributed by atoms with E-state index in [1.165, 1.54) is 6.08 Å². The highest BCUT2D eigenvalue weighted by molar-refractivity contribution is 6.02. The van der Waals surface area contributed by atoms with Crippen LogP contribution >= 0.6 is 0 Å². The first-order chi connectivity index (χ1) is 12.7. The minimum atomic E-state index is -0.0747. The molecule has 0 atom stereocenters. The first kappa shape index (κ1) is 26.5. The van der Waals surface area contributed by atoms with E-state index in [4.69, 9.17) is 11.1 Å². The van der Waals surface area contributed by atoms with Crippen LogP contribution in [0, 0.1) is 11.1 Å². The fraction of sp³-hybridized carbons (Fsp3) is 0.158. The van der Waals surface area contributed by atoms with Crippen LogP contribution in [0.1, 0.15) is 19.3 Å². The zero-order chi connectivity index (χ0) is 19.2. The number of pyridine rings is 2. The predicted octanol–water partition coefficient (Wildman–Crippen LogP) is 3.46. The Balaban J connectivity index is -0.000000394. The molecular weight excluding hydrogens is 358 g/mol. The van der Waals surface area contributed by atoms with E-state index in [2.05, 4.69) is 20.2 Å². The SMILES string of the molecule is C.CN(C)/C=C\C(=O)c1ccccn1.N=N.O.[HH].c1ccc(-c2ccn[nH]2)nc1. The third-order valence-corrected chi connectivity index (χ3v) is 2.88. The molecule has 0 amide bonds. The zero-order valence-electron chi connectivity index (χ0n) is 15.1. The molecule has 0 spiro atoms. The van der Waals surface area contributed by atoms with Gasteiger partial charge in [-0.05, 0) is 30.3 Å². The quantitative estimate of drug-likeness (QED) is 0.355. The highest BCUT2D eigenvalue weighted by atomic mass is 16.1. The van der Waals surface area contributed by atoms with Gasteiger partial charge in [-0.15, -0.1) is 0 Å². The van der Waals surface area contributed by atoms with Gasteiger partial charge < -0.3 is 10.4 Å². The molecule has 0 unspecified atom stereocenters. The van der Waals surface area contributed by atoms with Crippen molar-refractivity contribution in [3.8, 4) is 11.4 Å². The van der Waals surface area contributed by atoms with E-state index < -0.39 is 0 Å². The Morgan fingerprint density at radius 2 is 1.68 bits per heavy atom. The molecule has 5 N–H and O–H groups in total. The maximum Gasteiger partial charge on any atom is 0.205 e. The van der Waals surface area contributed by atoms with Crippen molar-refractivity contribution in [3.63, 3.8) is 0 Å². The lowest BCUT2D eigenvalue weighted by molar-refractivity contribution is 0.104. The van der Waals surface area contributed by atoms with Crippen molar-refractivity contribution in [3.05, 3.63) is 79.0 Å². The van der Waals surface area contributed by atoms with Gasteiger partial charge in [0.2, 0.25) is 5.78 Å². The van der Waals surface area contributed by atoms with Crippen LogP contribution in [-0.4, -0.2) is 50.4 Å². The van der Waals surface area contributed by atoms with Crippen LogP contribution < -0.4 is 0 Å². The van der Waals surface area contributed by atoms with Crippen molar-refractivity contribution in [2.75, 3.05) is 14.1 Å². The molecule has 0 radical (unpaired) electrons. The van der Waals surface area contributed by atoms with Crippen LogP contribution in [0.5, 0.6) is 0 Å². The lowest BCUT2D eigenvalue weighted by atomic mass is 10.2. The summed E-state index contributed by atoms with van der Waals surface area (Å²) in [4.78, 5) is 21.3. The fourth-order valence-electron chi connectivity index (χ4n) is 1.73. The normalized spacial score (nSPS) is 8.79. The van der Waals surface area contributed by atoms with Crippen molar-refractivity contribution in [1.29, 1.82) is 11.1 Å². The van der Waals surface area contributed by atoms with Crippen LogP contribution in [0.25, 0.3) is 11.4 Å². The molecule has 0 bridgehead atoms. The summed E-state index contributed by atoms with van der Waals surface area (Å²) in [5, 5.41) is 6.67. The lowest BCUT2D eigenvalue weighted by Crippen LogP contribution is -2.03. The Morgan fingerprint density at radius 3 is 2.14 bits per heavy atom. The van der Waals surface area contributed by atoms with Crippen LogP contribution in [0.2, 0.25) is 0 Å². The summed E-state index contributed by atoms with van der Waals surface area (Å²) in [5.74, 6) is -0.0747. The van der Waals surface area contributed by atoms with E-state index >= 15 is 0 Å². The van der Waals surface area contributed by atoms with Gasteiger partial charge in [0.05, 0.1) is 11.4 Å². The maximum atomic E-state index is 11.4. The average Bonchev–Trinajstić information content (AvgIpc) is 3.24. The van der Waals surface area contributed by atoms with Gasteiger partial charge in [-0.2, -0.15) is 5.10 Å². The minimum Gasteiger partial charge on any atom is -0.412 e. The van der Waals surface area contributed by atoms with Gasteiger partial charge in [0.15, 0.2) is 0 Å². The summed E-state index contributed by atoms with van der Waals surface area (Å²) >= 11 is 0. The van der Waals surface area contributed by atoms with E-state index in [9.17, 15) is 4.79 Å². The van der Waals surface area contributed by atoms with Gasteiger partial charge in [0, 0.05) is 46.4 Å². The number of aromatic nitrogens is 4. The molecule has 9 heteroatoms. The number of carbonyl (C=O) groups excluding carboxylic acids is 1. The molecule has 3 heterocycles. The summed E-state index contributed by atoms with van der Waals surface area (Å²) in [5.41, 5.74) is 12.3. The Labute approximate surface area is 166 Å². The second kappa shape index (κ2) is 15.5. The number of ketones is 1. The Bertz CT molecular complexity index is 783. The summed E-state index contributed by atoms with van der Waals surface area (Å²) in [7, 11) is 3.73. The topological polar surface area (TPSA) is 154 Å². The number of H-pyrrole nitrogens is 1. The number of aromatic amines is 1. The second-order valence-corrected chi connectivity index (χ2v) is 5.04. The maximum absolute atomic E-state index is 11.4. The largest absolute Gasteiger partial charge is 0.412 e. The summed E-state index contributed by atoms with van der Waals surface area (Å²) in [6, 6.07) is 12.9. The van der Waals surface area contributed by atoms with Crippen molar-refractivity contribution in [2.45, 2.75) is 7.43 Å². The molecule has 9 nitrogen and oxygen atoms in total. The van der Waals surface area contributed by atoms with Gasteiger partial charge in [-0.25, -0.2) is 11.1 Å². The first-order valence-corrected chi connectivity index (χ1v) is 7.62. The molecule has 0 aliphatic carbocycles. The van der Waals surface area contributed by atoms with Gasteiger partial charge in [-0.3, -0.25) is 19.9 Å². The fourth-order valence-corrected chi connectivity index (χ4v) is 1.73. The number of nitrogens with one attached hydrogen (secondary N) is 3. The van der Waals surface area contributed by atoms with Crippen molar-refractivity contribution in [1.82, 2.24) is 25.1 Å². The summed E-state index contributed by atoms with van der Waals surface area (Å²) in [6.45, 7) is 0. The van der Waals surface area contributed by atoms with Gasteiger partial charge in [0.25, 0.3) is 0 Å². The smallest absolute Gasteiger partial charge is 0.205 e. The molecule has 0 aromatic carbocycles. The molecule has 0 aliphatic rings. The van der Waals surface area contributed by atoms with Gasteiger partial charge >= 0.3 is 0 Å². The third kappa shape index (κ3) is 9.68. The molecule has 152 valence electrons. The number of nitrogens with zero attached hydrogens (tertiary/aromatic N) is 4. The van der Waals surface area contributed by atoms with Crippen LogP contribution in [0.4, 0.5) is 0 Å². The Hall–Kier alpha value is -3.72. The molecule has 3 aromatic rings. The molecular formula is C19H29N7O2. The van der Waals surface area contributed by atoms with E-state index in [-0.39, 0.29) is 20.1 Å². The van der Waals surface area contributed by atoms with Gasteiger partial charge in [0.1, 0.15) is 5.69 Å². The molecule has 3 aromatic heterocycles. The number of carbonyl (C=O) groups is 1. The van der Waals surface area contributed by atoms with E-state index in [1.54, 1.807) is 47.9 Å². The van der Waals surface area contributed by atoms with Crippen molar-refractivity contribution >= 4 is 5.78 Å². The van der Waals surface area contributed by atoms with E-state index in [1.807, 2.05) is 38.4 Å². The monoisotopic (exact) mass is 387 g/mol. The highest BCUT2D eigenvalue weighted by Crippen LogP contribution is 2.10. The predicted molar refractivity (Wildman–Crippen MR) is 111 cm³/mol. The number of hydrogen-bond acceptors (Lipinski definition) is 7. The number of rotatable bonds is 4. The Morgan fingerprint density at radius 1 is 1.04 bits per heavy atom. The Kier molecular flexibility index (Phi) is 14.7. The van der Waals surface area contributed by atoms with Crippen molar-refractivity contribution < 1.29 is 11.7 Å². The van der Waals surface area contributed by atoms with E-state index in [0.29, 0.717) is 5.69 Å². The molecule has 0 saturated heterocycles. The van der Waals surface area contributed by atoms with Gasteiger partial charge in [-0.1, -0.05) is 19.6 Å². The minimum absolute atomic E-state index is 0. The first-order valence-electron chi connectivity index (χ1n) is 7.62. The molecule has 0 saturated carbocycles. The summed E-state index contributed by atoms with van der Waals surface area (Å²) in [6.07, 6.45) is 8.29. The molecule has 28 heavy (non-hydrogen) atoms. The van der Waals surface area contributed by atoms with Crippen LogP contribution in [0.15, 0.2) is 73.3 Å². The average molecular weight is 387 g/mol.